The Morgan fingerprint density at radius 2 is 1.86 bits per heavy atom. The monoisotopic (exact) mass is 503 g/mol. The van der Waals surface area contributed by atoms with Crippen molar-refractivity contribution in [2.24, 2.45) is 5.73 Å². The highest BCUT2D eigenvalue weighted by atomic mass is 35.5. The van der Waals surface area contributed by atoms with Crippen LogP contribution in [-0.4, -0.2) is 37.2 Å². The molecule has 35 heavy (non-hydrogen) atoms. The molecule has 0 aliphatic rings. The second-order valence-corrected chi connectivity index (χ2v) is 8.62. The van der Waals surface area contributed by atoms with Crippen LogP contribution in [0.4, 0.5) is 13.2 Å². The van der Waals surface area contributed by atoms with Crippen molar-refractivity contribution in [1.29, 1.82) is 0 Å². The average Bonchev–Trinajstić information content (AvgIpc) is 3.27. The fourth-order valence-electron chi connectivity index (χ4n) is 3.90. The lowest BCUT2D eigenvalue weighted by Gasteiger charge is -2.27. The second-order valence-electron chi connectivity index (χ2n) is 8.19. The highest BCUT2D eigenvalue weighted by molar-refractivity contribution is 6.30. The van der Waals surface area contributed by atoms with Crippen molar-refractivity contribution in [3.63, 3.8) is 0 Å². The smallest absolute Gasteiger partial charge is 0.375 e. The van der Waals surface area contributed by atoms with Gasteiger partial charge in [0.2, 0.25) is 5.60 Å². The van der Waals surface area contributed by atoms with Gasteiger partial charge in [0.1, 0.15) is 11.4 Å². The lowest BCUT2D eigenvalue weighted by molar-refractivity contribution is -0.270. The number of carbonyl (C=O) groups excluding carboxylic acids is 1. The van der Waals surface area contributed by atoms with E-state index in [0.29, 0.717) is 16.1 Å². The molecule has 0 fully saturated rings. The Morgan fingerprint density at radius 3 is 2.49 bits per heavy atom. The number of aromatic nitrogens is 4. The van der Waals surface area contributed by atoms with Crippen LogP contribution in [0.15, 0.2) is 54.7 Å². The van der Waals surface area contributed by atoms with Crippen molar-refractivity contribution < 1.29 is 23.1 Å². The van der Waals surface area contributed by atoms with Gasteiger partial charge in [0, 0.05) is 10.4 Å². The van der Waals surface area contributed by atoms with Crippen molar-refractivity contribution >= 4 is 28.4 Å². The minimum atomic E-state index is -4.89. The van der Waals surface area contributed by atoms with E-state index in [9.17, 15) is 23.1 Å². The molecule has 11 heteroatoms. The predicted octanol–water partition coefficient (Wildman–Crippen LogP) is 4.84. The third-order valence-corrected chi connectivity index (χ3v) is 5.92. The van der Waals surface area contributed by atoms with E-state index in [4.69, 9.17) is 17.3 Å². The van der Waals surface area contributed by atoms with E-state index in [1.54, 1.807) is 43.3 Å². The lowest BCUT2D eigenvalue weighted by Crippen LogP contribution is -2.42. The topological polar surface area (TPSA) is 107 Å². The van der Waals surface area contributed by atoms with Gasteiger partial charge >= 0.3 is 6.18 Å². The molecule has 4 rings (SSSR count). The maximum absolute atomic E-state index is 13.5. The van der Waals surface area contributed by atoms with Gasteiger partial charge in [0.25, 0.3) is 5.91 Å². The summed E-state index contributed by atoms with van der Waals surface area (Å²) >= 11 is 5.99. The van der Waals surface area contributed by atoms with E-state index in [0.717, 1.165) is 22.7 Å². The number of benzene rings is 2. The predicted molar refractivity (Wildman–Crippen MR) is 125 cm³/mol. The van der Waals surface area contributed by atoms with Crippen molar-refractivity contribution in [2.45, 2.75) is 38.1 Å². The van der Waals surface area contributed by atoms with Crippen LogP contribution in [0, 0.1) is 0 Å². The molecular formula is C24H21ClF3N5O2. The summed E-state index contributed by atoms with van der Waals surface area (Å²) in [4.78, 5) is 16.2. The fourth-order valence-corrected chi connectivity index (χ4v) is 4.02. The summed E-state index contributed by atoms with van der Waals surface area (Å²) in [6.07, 6.45) is -4.23. The highest BCUT2D eigenvalue weighted by Crippen LogP contribution is 2.41. The van der Waals surface area contributed by atoms with E-state index >= 15 is 0 Å². The molecule has 2 aromatic carbocycles. The van der Waals surface area contributed by atoms with Gasteiger partial charge in [0.05, 0.1) is 18.3 Å². The van der Waals surface area contributed by atoms with E-state index < -0.39 is 29.8 Å². The van der Waals surface area contributed by atoms with Crippen molar-refractivity contribution in [2.75, 3.05) is 0 Å². The molecule has 0 radical (unpaired) electrons. The molecule has 0 aliphatic heterocycles. The molecule has 1 unspecified atom stereocenters. The Labute approximate surface area is 203 Å². The number of rotatable bonds is 7. The number of amides is 1. The van der Waals surface area contributed by atoms with Gasteiger partial charge in [-0.1, -0.05) is 54.4 Å². The summed E-state index contributed by atoms with van der Waals surface area (Å²) in [5.74, 6) is -0.698. The van der Waals surface area contributed by atoms with Gasteiger partial charge in [0.15, 0.2) is 0 Å². The van der Waals surface area contributed by atoms with Crippen LogP contribution in [-0.2, 0) is 12.1 Å². The molecular weight excluding hydrogens is 483 g/mol. The first kappa shape index (κ1) is 24.6. The van der Waals surface area contributed by atoms with Gasteiger partial charge in [-0.25, -0.2) is 9.67 Å². The standard InChI is InChI=1S/C24H21ClF3N5O2/c1-2-9-23(35,24(26,27)28)21-13-33(32-31-21)12-14-3-8-17-18(15-4-6-16(25)7-5-15)11-20(22(29)34)30-19(17)10-14/h3-8,10-11,13,35H,2,9,12H2,1H3,(H2,29,34). The number of nitrogens with two attached hydrogens (primary N) is 1. The number of nitrogens with zero attached hydrogens (tertiary/aromatic N) is 4. The summed E-state index contributed by atoms with van der Waals surface area (Å²) in [6.45, 7) is 1.61. The molecule has 1 atom stereocenters. The Balaban J connectivity index is 1.72. The number of pyridine rings is 1. The second kappa shape index (κ2) is 9.27. The Bertz CT molecular complexity index is 1390. The fraction of sp³-hybridized carbons (Fsp3) is 0.250. The van der Waals surface area contributed by atoms with Crippen LogP contribution in [0.3, 0.4) is 0 Å². The zero-order valence-corrected chi connectivity index (χ0v) is 19.3. The first-order chi connectivity index (χ1) is 16.5. The molecule has 0 aliphatic carbocycles. The number of carbonyl (C=O) groups is 1. The molecule has 4 aromatic rings. The number of hydrogen-bond acceptors (Lipinski definition) is 5. The Kier molecular flexibility index (Phi) is 6.52. The SMILES string of the molecule is CCCC(O)(c1cn(Cc2ccc3c(-c4ccc(Cl)cc4)cc(C(N)=O)nc3c2)nn1)C(F)(F)F. The van der Waals surface area contributed by atoms with E-state index in [2.05, 4.69) is 15.3 Å². The maximum Gasteiger partial charge on any atom is 0.423 e. The van der Waals surface area contributed by atoms with E-state index in [1.165, 1.54) is 4.68 Å². The van der Waals surface area contributed by atoms with Crippen molar-refractivity contribution in [1.82, 2.24) is 20.0 Å². The van der Waals surface area contributed by atoms with Gasteiger partial charge in [-0.15, -0.1) is 5.10 Å². The summed E-state index contributed by atoms with van der Waals surface area (Å²) in [5, 5.41) is 18.9. The number of fused-ring (bicyclic) bond motifs is 1. The number of hydrogen-bond donors (Lipinski definition) is 2. The van der Waals surface area contributed by atoms with Crippen molar-refractivity contribution in [3.05, 3.63) is 76.7 Å². The molecule has 0 bridgehead atoms. The van der Waals surface area contributed by atoms with E-state index in [-0.39, 0.29) is 18.7 Å². The summed E-state index contributed by atoms with van der Waals surface area (Å²) in [5.41, 5.74) is 4.57. The molecule has 2 heterocycles. The van der Waals surface area contributed by atoms with Crippen LogP contribution < -0.4 is 5.73 Å². The summed E-state index contributed by atoms with van der Waals surface area (Å²) in [6, 6.07) is 13.9. The third-order valence-electron chi connectivity index (χ3n) is 5.67. The van der Waals surface area contributed by atoms with Crippen LogP contribution >= 0.6 is 11.6 Å². The van der Waals surface area contributed by atoms with Crippen molar-refractivity contribution in [3.8, 4) is 11.1 Å². The maximum atomic E-state index is 13.5. The largest absolute Gasteiger partial charge is 0.423 e. The minimum Gasteiger partial charge on any atom is -0.375 e. The molecule has 7 nitrogen and oxygen atoms in total. The molecule has 0 saturated carbocycles. The van der Waals surface area contributed by atoms with Gasteiger partial charge in [-0.3, -0.25) is 4.79 Å². The first-order valence-corrected chi connectivity index (χ1v) is 11.1. The number of alkyl halides is 3. The zero-order chi connectivity index (χ0) is 25.4. The quantitative estimate of drug-likeness (QED) is 0.375. The number of halogens is 4. The molecule has 3 N–H and O–H groups in total. The Morgan fingerprint density at radius 1 is 1.14 bits per heavy atom. The van der Waals surface area contributed by atoms with Gasteiger partial charge in [-0.05, 0) is 47.4 Å². The van der Waals surface area contributed by atoms with E-state index in [1.807, 2.05) is 12.1 Å². The average molecular weight is 504 g/mol. The molecule has 182 valence electrons. The molecule has 1 amide bonds. The third kappa shape index (κ3) is 4.85. The number of primary amides is 1. The minimum absolute atomic E-state index is 0.0671. The van der Waals surface area contributed by atoms with Gasteiger partial charge < -0.3 is 10.8 Å². The van der Waals surface area contributed by atoms with Crippen LogP contribution in [0.1, 0.15) is 41.5 Å². The normalized spacial score (nSPS) is 13.7. The summed E-state index contributed by atoms with van der Waals surface area (Å²) < 4.78 is 41.7. The van der Waals surface area contributed by atoms with Crippen LogP contribution in [0.5, 0.6) is 0 Å². The van der Waals surface area contributed by atoms with Crippen LogP contribution in [0.2, 0.25) is 5.02 Å². The molecule has 0 spiro atoms. The number of aliphatic hydroxyl groups is 1. The first-order valence-electron chi connectivity index (χ1n) is 10.7. The van der Waals surface area contributed by atoms with Crippen LogP contribution in [0.25, 0.3) is 22.0 Å². The Hall–Kier alpha value is -3.50. The summed E-state index contributed by atoms with van der Waals surface area (Å²) in [7, 11) is 0. The van der Waals surface area contributed by atoms with Gasteiger partial charge in [-0.2, -0.15) is 13.2 Å². The lowest BCUT2D eigenvalue weighted by atomic mass is 9.94. The molecule has 0 saturated heterocycles. The molecule has 2 aromatic heterocycles. The zero-order valence-electron chi connectivity index (χ0n) is 18.6. The highest BCUT2D eigenvalue weighted by Gasteiger charge is 2.56.